The van der Waals surface area contributed by atoms with Gasteiger partial charge in [-0.2, -0.15) is 0 Å². The summed E-state index contributed by atoms with van der Waals surface area (Å²) in [5, 5.41) is 240. The van der Waals surface area contributed by atoms with Crippen molar-refractivity contribution in [2.24, 2.45) is 52.3 Å². The van der Waals surface area contributed by atoms with E-state index in [1.54, 1.807) is 0 Å². The zero-order valence-electron chi connectivity index (χ0n) is 59.3. The van der Waals surface area contributed by atoms with E-state index in [0.29, 0.717) is 43.4 Å². The summed E-state index contributed by atoms with van der Waals surface area (Å²) in [5.74, 6) is -0.455. The Hall–Kier alpha value is -1.48. The summed E-state index contributed by atoms with van der Waals surface area (Å²) >= 11 is 0. The summed E-state index contributed by atoms with van der Waals surface area (Å²) in [6.07, 6.45) is -53.9. The molecule has 46 unspecified atom stereocenters. The first-order chi connectivity index (χ1) is 49.7. The van der Waals surface area contributed by atoms with E-state index in [9.17, 15) is 112 Å². The molecule has 608 valence electrons. The molecule has 37 heteroatoms. The monoisotopic (exact) mass is 1520 g/mol. The van der Waals surface area contributed by atoms with Crippen LogP contribution in [0, 0.1) is 52.3 Å². The van der Waals surface area contributed by atoms with Gasteiger partial charge >= 0.3 is 0 Å². The lowest BCUT2D eigenvalue weighted by Gasteiger charge is -2.61. The molecule has 4 aliphatic carbocycles. The average molecular weight is 1520 g/mol. The molecule has 0 amide bonds. The molecule has 8 aliphatic heterocycles. The topological polar surface area (TPSA) is 584 Å². The first-order valence-corrected chi connectivity index (χ1v) is 37.2. The van der Waals surface area contributed by atoms with Crippen molar-refractivity contribution >= 4 is 0 Å². The summed E-state index contributed by atoms with van der Waals surface area (Å²) < 4.78 is 90.1. The van der Waals surface area contributed by atoms with E-state index in [2.05, 4.69) is 20.8 Å². The van der Waals surface area contributed by atoms with Crippen molar-refractivity contribution in [1.82, 2.24) is 0 Å². The number of hydrogen-bond donors (Lipinski definition) is 22. The molecule has 4 saturated carbocycles. The van der Waals surface area contributed by atoms with Gasteiger partial charge in [0.1, 0.15) is 159 Å². The number of fused-ring (bicyclic) bond motifs is 7. The van der Waals surface area contributed by atoms with Crippen LogP contribution in [0.15, 0.2) is 0 Å². The minimum atomic E-state index is -2.23. The quantitative estimate of drug-likeness (QED) is 0.0423. The van der Waals surface area contributed by atoms with E-state index in [4.69, 9.17) is 71.1 Å². The second-order valence-corrected chi connectivity index (χ2v) is 32.3. The molecule has 12 rings (SSSR count). The van der Waals surface area contributed by atoms with Gasteiger partial charge in [0, 0.05) is 12.3 Å². The minimum Gasteiger partial charge on any atom is -0.394 e. The Kier molecular flexibility index (Phi) is 26.5. The van der Waals surface area contributed by atoms with Crippen molar-refractivity contribution in [2.75, 3.05) is 46.2 Å². The second kappa shape index (κ2) is 33.5. The van der Waals surface area contributed by atoms with Gasteiger partial charge in [0.2, 0.25) is 0 Å². The highest BCUT2D eigenvalue weighted by Crippen LogP contribution is 2.71. The van der Waals surface area contributed by atoms with Gasteiger partial charge in [0.15, 0.2) is 49.8 Å². The fourth-order valence-corrected chi connectivity index (χ4v) is 19.7. The number of aliphatic hydroxyl groups excluding tert-OH is 21. The molecule has 0 bridgehead atoms. The molecule has 8 saturated heterocycles. The molecule has 37 nitrogen and oxygen atoms in total. The van der Waals surface area contributed by atoms with Crippen LogP contribution in [0.3, 0.4) is 0 Å². The summed E-state index contributed by atoms with van der Waals surface area (Å²) in [5.41, 5.74) is -0.258. The SMILES string of the molecule is CC(CCC1(O)OC2CC3C4CCC5CC(OC6OC(CO)C(OC7OC(CO)C(O)C(OC8OC(COC9OC(CO)C(O)C(O)C9O)C(OC9OCC(O)C(O)C9O)C(O)C8O)C7O)C(O)C6OC6OC(C)C(O)C(O)C6O)CCC5(C)C4CCC3(C)C2C1C)COC1OC(CO)C(O)C(O)C1O. The molecule has 0 radical (unpaired) electrons. The van der Waals surface area contributed by atoms with Crippen molar-refractivity contribution in [3.05, 3.63) is 0 Å². The standard InChI is InChI=1S/C68H114O37/c1-23(20-91-59-49(84)45(80)41(76)33(16-69)96-59)8-13-68(90)24(2)38-32(105-68)15-30-28-7-6-26-14-27(9-11-66(26,4)29(28)10-12-67(30,38)5)95-65-58(104-62-51(86)44(79)39(74)25(3)94-62)53(88)55(36(19-72)99-65)102-64-54(89)57(43(78)35(18-71)98-64)103-63-52(87)47(82)56(101-61-48(83)40(75)31(73)21-92-61)37(100-63)22-93-60-50(85)46(81)42(77)34(17-70)97-60/h23-65,69-90H,6-22H2,1-5H3. The summed E-state index contributed by atoms with van der Waals surface area (Å²) in [4.78, 5) is 0. The van der Waals surface area contributed by atoms with Crippen LogP contribution in [0.4, 0.5) is 0 Å². The fourth-order valence-electron chi connectivity index (χ4n) is 19.7. The van der Waals surface area contributed by atoms with Crippen LogP contribution in [0.2, 0.25) is 0 Å². The lowest BCUT2D eigenvalue weighted by atomic mass is 9.44. The van der Waals surface area contributed by atoms with Gasteiger partial charge in [-0.25, -0.2) is 0 Å². The first-order valence-electron chi connectivity index (χ1n) is 37.2. The summed E-state index contributed by atoms with van der Waals surface area (Å²) in [6, 6.07) is 0. The molecular weight excluding hydrogens is 1410 g/mol. The lowest BCUT2D eigenvalue weighted by molar-refractivity contribution is -0.400. The van der Waals surface area contributed by atoms with Gasteiger partial charge in [0.25, 0.3) is 0 Å². The third kappa shape index (κ3) is 15.9. The lowest BCUT2D eigenvalue weighted by Crippen LogP contribution is -2.68. The Morgan fingerprint density at radius 2 is 0.943 bits per heavy atom. The van der Waals surface area contributed by atoms with Crippen LogP contribution >= 0.6 is 0 Å². The van der Waals surface area contributed by atoms with Gasteiger partial charge in [-0.1, -0.05) is 27.7 Å². The maximum absolute atomic E-state index is 12.6. The zero-order valence-corrected chi connectivity index (χ0v) is 59.3. The first kappa shape index (κ1) is 83.0. The van der Waals surface area contributed by atoms with E-state index in [0.717, 1.165) is 38.5 Å². The minimum absolute atomic E-state index is 0.0909. The third-order valence-electron chi connectivity index (χ3n) is 26.0. The number of rotatable bonds is 23. The average Bonchev–Trinajstić information content (AvgIpc) is 1.54. The predicted octanol–water partition coefficient (Wildman–Crippen LogP) is -8.82. The van der Waals surface area contributed by atoms with Crippen LogP contribution in [0.5, 0.6) is 0 Å². The van der Waals surface area contributed by atoms with Crippen LogP contribution in [-0.2, 0) is 71.1 Å². The molecule has 0 aromatic rings. The van der Waals surface area contributed by atoms with E-state index < -0.39 is 260 Å². The van der Waals surface area contributed by atoms with Crippen LogP contribution in [0.25, 0.3) is 0 Å². The van der Waals surface area contributed by atoms with Crippen molar-refractivity contribution in [3.8, 4) is 0 Å². The Bertz CT molecular complexity index is 2770. The van der Waals surface area contributed by atoms with Gasteiger partial charge < -0.3 is 183 Å². The van der Waals surface area contributed by atoms with E-state index in [-0.39, 0.29) is 47.2 Å². The highest BCUT2D eigenvalue weighted by molar-refractivity contribution is 5.15. The maximum atomic E-state index is 12.6. The second-order valence-electron chi connectivity index (χ2n) is 32.3. The Labute approximate surface area is 605 Å². The Morgan fingerprint density at radius 1 is 0.429 bits per heavy atom. The van der Waals surface area contributed by atoms with E-state index in [1.165, 1.54) is 6.92 Å². The third-order valence-corrected chi connectivity index (χ3v) is 26.0. The molecule has 0 spiro atoms. The number of aliphatic hydroxyl groups is 22. The molecule has 8 heterocycles. The normalized spacial score (nSPS) is 55.6. The summed E-state index contributed by atoms with van der Waals surface area (Å²) in [7, 11) is 0. The smallest absolute Gasteiger partial charge is 0.187 e. The maximum Gasteiger partial charge on any atom is 0.187 e. The molecule has 0 aromatic carbocycles. The van der Waals surface area contributed by atoms with Crippen LogP contribution in [0.1, 0.15) is 98.8 Å². The molecule has 12 fully saturated rings. The number of hydrogen-bond acceptors (Lipinski definition) is 37. The van der Waals surface area contributed by atoms with Gasteiger partial charge in [-0.15, -0.1) is 0 Å². The highest BCUT2D eigenvalue weighted by Gasteiger charge is 2.69. The van der Waals surface area contributed by atoms with Crippen LogP contribution < -0.4 is 0 Å². The highest BCUT2D eigenvalue weighted by atomic mass is 16.8. The molecule has 0 aromatic heterocycles. The summed E-state index contributed by atoms with van der Waals surface area (Å²) in [6.45, 7) is 5.46. The molecule has 46 atom stereocenters. The van der Waals surface area contributed by atoms with Crippen molar-refractivity contribution in [3.63, 3.8) is 0 Å². The van der Waals surface area contributed by atoms with Crippen LogP contribution in [-0.4, -0.2) is 385 Å². The van der Waals surface area contributed by atoms with E-state index in [1.807, 2.05) is 6.92 Å². The molecule has 105 heavy (non-hydrogen) atoms. The zero-order chi connectivity index (χ0) is 76.0. The predicted molar refractivity (Wildman–Crippen MR) is 342 cm³/mol. The van der Waals surface area contributed by atoms with Crippen molar-refractivity contribution < 1.29 is 183 Å². The molecular formula is C68H114O37. The Morgan fingerprint density at radius 3 is 1.60 bits per heavy atom. The molecule has 12 aliphatic rings. The van der Waals surface area contributed by atoms with Gasteiger partial charge in [0.05, 0.1) is 64.6 Å². The Balaban J connectivity index is 0.708. The molecule has 22 N–H and O–H groups in total. The van der Waals surface area contributed by atoms with Gasteiger partial charge in [-0.05, 0) is 111 Å². The van der Waals surface area contributed by atoms with Crippen molar-refractivity contribution in [1.29, 1.82) is 0 Å². The van der Waals surface area contributed by atoms with Gasteiger partial charge in [-0.3, -0.25) is 0 Å². The largest absolute Gasteiger partial charge is 0.394 e. The van der Waals surface area contributed by atoms with Crippen molar-refractivity contribution in [2.45, 2.75) is 326 Å². The number of ether oxygens (including phenoxy) is 15. The fraction of sp³-hybridized carbons (Fsp3) is 1.00. The van der Waals surface area contributed by atoms with E-state index >= 15 is 0 Å².